The highest BCUT2D eigenvalue weighted by Crippen LogP contribution is 2.31. The fourth-order valence-corrected chi connectivity index (χ4v) is 2.00. The topological polar surface area (TPSA) is 56.0 Å². The second-order valence-corrected chi connectivity index (χ2v) is 4.46. The summed E-state index contributed by atoms with van der Waals surface area (Å²) in [4.78, 5) is 14.6. The summed E-state index contributed by atoms with van der Waals surface area (Å²) < 4.78 is 0. The molecule has 0 atom stereocenters. The summed E-state index contributed by atoms with van der Waals surface area (Å²) in [5, 5.41) is 11.3. The zero-order chi connectivity index (χ0) is 13.3. The number of nitrogens with zero attached hydrogens (tertiary/aromatic N) is 2. The lowest BCUT2D eigenvalue weighted by atomic mass is 10.0. The molecule has 0 fully saturated rings. The molecule has 0 unspecified atom stereocenters. The van der Waals surface area contributed by atoms with E-state index in [2.05, 4.69) is 4.98 Å². The van der Waals surface area contributed by atoms with Crippen molar-refractivity contribution in [2.24, 2.45) is 0 Å². The highest BCUT2D eigenvalue weighted by molar-refractivity contribution is 6.29. The average molecular weight is 263 g/mol. The van der Waals surface area contributed by atoms with Crippen molar-refractivity contribution in [2.75, 3.05) is 0 Å². The molecule has 0 radical (unpaired) electrons. The molecule has 0 saturated carbocycles. The Morgan fingerprint density at radius 2 is 1.94 bits per heavy atom. The maximum Gasteiger partial charge on any atom is 0.295 e. The van der Waals surface area contributed by atoms with E-state index in [4.69, 9.17) is 11.6 Å². The van der Waals surface area contributed by atoms with E-state index < -0.39 is 4.92 Å². The summed E-state index contributed by atoms with van der Waals surface area (Å²) in [6.45, 7) is 3.87. The average Bonchev–Trinajstić information content (AvgIpc) is 2.28. The first-order valence-corrected chi connectivity index (χ1v) is 5.75. The van der Waals surface area contributed by atoms with Gasteiger partial charge in [0, 0.05) is 11.6 Å². The van der Waals surface area contributed by atoms with E-state index in [1.165, 1.54) is 12.1 Å². The van der Waals surface area contributed by atoms with Crippen LogP contribution >= 0.6 is 11.6 Å². The van der Waals surface area contributed by atoms with Crippen LogP contribution in [0.1, 0.15) is 11.1 Å². The Labute approximate surface area is 109 Å². The third-order valence-corrected chi connectivity index (χ3v) is 2.88. The van der Waals surface area contributed by atoms with Gasteiger partial charge in [0.25, 0.3) is 5.69 Å². The van der Waals surface area contributed by atoms with Crippen LogP contribution in [0.15, 0.2) is 30.3 Å². The van der Waals surface area contributed by atoms with Crippen molar-refractivity contribution >= 4 is 17.3 Å². The number of nitro groups is 1. The maximum atomic E-state index is 11.0. The monoisotopic (exact) mass is 262 g/mol. The second kappa shape index (κ2) is 4.74. The Morgan fingerprint density at radius 1 is 1.22 bits per heavy atom. The summed E-state index contributed by atoms with van der Waals surface area (Å²) in [6.07, 6.45) is 0. The highest BCUT2D eigenvalue weighted by atomic mass is 35.5. The van der Waals surface area contributed by atoms with Crippen molar-refractivity contribution in [3.8, 4) is 11.3 Å². The lowest BCUT2D eigenvalue weighted by Gasteiger charge is -2.07. The molecule has 0 aliphatic rings. The Hall–Kier alpha value is -1.94. The van der Waals surface area contributed by atoms with Gasteiger partial charge in [-0.15, -0.1) is 0 Å². The minimum atomic E-state index is -0.446. The number of halogens is 1. The second-order valence-electron chi connectivity index (χ2n) is 4.08. The maximum absolute atomic E-state index is 11.0. The smallest absolute Gasteiger partial charge is 0.258 e. The molecule has 1 aromatic heterocycles. The van der Waals surface area contributed by atoms with E-state index in [1.807, 2.05) is 32.0 Å². The lowest BCUT2D eigenvalue weighted by Crippen LogP contribution is -1.96. The molecule has 0 bridgehead atoms. The zero-order valence-corrected chi connectivity index (χ0v) is 10.7. The van der Waals surface area contributed by atoms with Crippen molar-refractivity contribution in [2.45, 2.75) is 13.8 Å². The quantitative estimate of drug-likeness (QED) is 0.468. The lowest BCUT2D eigenvalue weighted by molar-refractivity contribution is -0.384. The Morgan fingerprint density at radius 3 is 2.56 bits per heavy atom. The summed E-state index contributed by atoms with van der Waals surface area (Å²) in [6, 6.07) is 8.49. The van der Waals surface area contributed by atoms with Crippen LogP contribution in [0, 0.1) is 24.0 Å². The first-order valence-electron chi connectivity index (χ1n) is 5.37. The predicted molar refractivity (Wildman–Crippen MR) is 70.8 cm³/mol. The van der Waals surface area contributed by atoms with Gasteiger partial charge in [-0.2, -0.15) is 0 Å². The van der Waals surface area contributed by atoms with Crippen molar-refractivity contribution in [1.82, 2.24) is 4.98 Å². The first-order chi connectivity index (χ1) is 8.49. The van der Waals surface area contributed by atoms with Gasteiger partial charge < -0.3 is 0 Å². The van der Waals surface area contributed by atoms with Crippen LogP contribution in [-0.2, 0) is 0 Å². The van der Waals surface area contributed by atoms with Crippen LogP contribution in [-0.4, -0.2) is 9.91 Å². The molecule has 0 amide bonds. The van der Waals surface area contributed by atoms with Crippen LogP contribution < -0.4 is 0 Å². The summed E-state index contributed by atoms with van der Waals surface area (Å²) in [5.41, 5.74) is 3.04. The van der Waals surface area contributed by atoms with Gasteiger partial charge in [0.1, 0.15) is 10.8 Å². The summed E-state index contributed by atoms with van der Waals surface area (Å²) in [7, 11) is 0. The molecule has 1 heterocycles. The number of aromatic nitrogens is 1. The molecular weight excluding hydrogens is 252 g/mol. The Balaban J connectivity index is 2.69. The fraction of sp³-hybridized carbons (Fsp3) is 0.154. The van der Waals surface area contributed by atoms with Gasteiger partial charge in [-0.05, 0) is 25.5 Å². The molecule has 92 valence electrons. The van der Waals surface area contributed by atoms with Crippen LogP contribution in [0.25, 0.3) is 11.3 Å². The molecule has 0 spiro atoms. The van der Waals surface area contributed by atoms with E-state index in [9.17, 15) is 10.1 Å². The van der Waals surface area contributed by atoms with Crippen molar-refractivity contribution in [3.05, 3.63) is 56.7 Å². The number of hydrogen-bond acceptors (Lipinski definition) is 3. The van der Waals surface area contributed by atoms with E-state index in [0.717, 1.165) is 16.7 Å². The molecule has 1 aromatic carbocycles. The number of hydrogen-bond donors (Lipinski definition) is 0. The Bertz CT molecular complexity index is 626. The predicted octanol–water partition coefficient (Wildman–Crippen LogP) is 3.93. The number of pyridine rings is 1. The van der Waals surface area contributed by atoms with Gasteiger partial charge >= 0.3 is 0 Å². The van der Waals surface area contributed by atoms with Gasteiger partial charge in [0.05, 0.1) is 4.92 Å². The van der Waals surface area contributed by atoms with Crippen LogP contribution in [0.3, 0.4) is 0 Å². The molecule has 0 aliphatic carbocycles. The first kappa shape index (κ1) is 12.5. The summed E-state index contributed by atoms with van der Waals surface area (Å²) >= 11 is 5.82. The van der Waals surface area contributed by atoms with Crippen molar-refractivity contribution in [1.29, 1.82) is 0 Å². The van der Waals surface area contributed by atoms with Crippen LogP contribution in [0.2, 0.25) is 5.15 Å². The highest BCUT2D eigenvalue weighted by Gasteiger charge is 2.18. The number of benzene rings is 1. The fourth-order valence-electron chi connectivity index (χ4n) is 1.85. The minimum Gasteiger partial charge on any atom is -0.258 e. The molecule has 2 rings (SSSR count). The molecule has 18 heavy (non-hydrogen) atoms. The molecule has 5 heteroatoms. The molecular formula is C13H11ClN2O2. The van der Waals surface area contributed by atoms with E-state index in [-0.39, 0.29) is 10.8 Å². The molecule has 2 aromatic rings. The Kier molecular flexibility index (Phi) is 3.30. The standard InChI is InChI=1S/C13H11ClN2O2/c1-8-3-4-10(9(2)7-8)13-11(16(17)18)5-6-12(14)15-13/h3-7H,1-2H3. The third-order valence-electron chi connectivity index (χ3n) is 2.67. The number of rotatable bonds is 2. The van der Waals surface area contributed by atoms with Crippen molar-refractivity contribution in [3.63, 3.8) is 0 Å². The van der Waals surface area contributed by atoms with Gasteiger partial charge in [-0.1, -0.05) is 35.4 Å². The van der Waals surface area contributed by atoms with Crippen LogP contribution in [0.4, 0.5) is 5.69 Å². The summed E-state index contributed by atoms with van der Waals surface area (Å²) in [5.74, 6) is 0. The molecule has 0 N–H and O–H groups in total. The van der Waals surface area contributed by atoms with E-state index >= 15 is 0 Å². The van der Waals surface area contributed by atoms with E-state index in [0.29, 0.717) is 5.69 Å². The van der Waals surface area contributed by atoms with Gasteiger partial charge in [0.2, 0.25) is 0 Å². The van der Waals surface area contributed by atoms with Gasteiger partial charge in [-0.25, -0.2) is 4.98 Å². The molecule has 0 aliphatic heterocycles. The largest absolute Gasteiger partial charge is 0.295 e. The molecule has 0 saturated heterocycles. The third kappa shape index (κ3) is 2.33. The number of aryl methyl sites for hydroxylation is 2. The van der Waals surface area contributed by atoms with Gasteiger partial charge in [-0.3, -0.25) is 10.1 Å². The van der Waals surface area contributed by atoms with Crippen molar-refractivity contribution < 1.29 is 4.92 Å². The van der Waals surface area contributed by atoms with E-state index in [1.54, 1.807) is 0 Å². The molecule has 4 nitrogen and oxygen atoms in total. The SMILES string of the molecule is Cc1ccc(-c2nc(Cl)ccc2[N+](=O)[O-])c(C)c1. The zero-order valence-electron chi connectivity index (χ0n) is 9.98. The normalized spacial score (nSPS) is 10.4. The van der Waals surface area contributed by atoms with Crippen LogP contribution in [0.5, 0.6) is 0 Å². The minimum absolute atomic E-state index is 0.0358. The van der Waals surface area contributed by atoms with Gasteiger partial charge in [0.15, 0.2) is 0 Å².